The van der Waals surface area contributed by atoms with E-state index in [2.05, 4.69) is 24.5 Å². The van der Waals surface area contributed by atoms with E-state index < -0.39 is 0 Å². The van der Waals surface area contributed by atoms with Crippen LogP contribution in [-0.4, -0.2) is 78.9 Å². The predicted octanol–water partition coefficient (Wildman–Crippen LogP) is 2.61. The van der Waals surface area contributed by atoms with Crippen molar-refractivity contribution in [2.75, 3.05) is 46.0 Å². The minimum atomic E-state index is -0.270. The Bertz CT molecular complexity index is 683. The molecule has 1 atom stereocenters. The van der Waals surface area contributed by atoms with Crippen molar-refractivity contribution < 1.29 is 14.4 Å². The fraction of sp³-hybridized carbons (Fsp3) is 0.609. The standard InChI is InChI=1S/C23H38N4O3S/c1-18(2)11-13-27(16-22(29)24-12-14-26(4)5)23(30)25-21(17-31-19(3)28)15-20-9-7-6-8-10-20/h6-10,18,21H,11-17H2,1-5H3,(H,24,29)(H,25,30)/t21-/m1/s1. The summed E-state index contributed by atoms with van der Waals surface area (Å²) in [4.78, 5) is 40.5. The van der Waals surface area contributed by atoms with Crippen LogP contribution >= 0.6 is 11.8 Å². The van der Waals surface area contributed by atoms with Gasteiger partial charge in [0.25, 0.3) is 0 Å². The Hall–Kier alpha value is -2.06. The summed E-state index contributed by atoms with van der Waals surface area (Å²) >= 11 is 1.20. The Labute approximate surface area is 191 Å². The molecule has 0 aromatic heterocycles. The van der Waals surface area contributed by atoms with E-state index in [1.807, 2.05) is 49.3 Å². The second-order valence-corrected chi connectivity index (χ2v) is 9.59. The number of nitrogens with zero attached hydrogens (tertiary/aromatic N) is 2. The number of benzene rings is 1. The molecule has 0 bridgehead atoms. The molecule has 0 saturated carbocycles. The third-order valence-electron chi connectivity index (χ3n) is 4.62. The van der Waals surface area contributed by atoms with Crippen LogP contribution in [0.4, 0.5) is 4.79 Å². The van der Waals surface area contributed by atoms with Gasteiger partial charge in [-0.05, 0) is 38.4 Å². The molecule has 8 heteroatoms. The van der Waals surface area contributed by atoms with Gasteiger partial charge in [0, 0.05) is 38.4 Å². The number of nitrogens with one attached hydrogen (secondary N) is 2. The maximum absolute atomic E-state index is 13.1. The molecule has 0 spiro atoms. The average molecular weight is 451 g/mol. The lowest BCUT2D eigenvalue weighted by Gasteiger charge is -2.27. The minimum absolute atomic E-state index is 0.0177. The van der Waals surface area contributed by atoms with Gasteiger partial charge in [-0.15, -0.1) is 0 Å². The zero-order chi connectivity index (χ0) is 23.2. The van der Waals surface area contributed by atoms with Gasteiger partial charge >= 0.3 is 6.03 Å². The summed E-state index contributed by atoms with van der Waals surface area (Å²) in [6, 6.07) is 9.40. The minimum Gasteiger partial charge on any atom is -0.353 e. The van der Waals surface area contributed by atoms with Crippen LogP contribution in [0.5, 0.6) is 0 Å². The Morgan fingerprint density at radius 2 is 1.74 bits per heavy atom. The molecule has 0 saturated heterocycles. The molecule has 1 rings (SSSR count). The van der Waals surface area contributed by atoms with Crippen molar-refractivity contribution in [3.63, 3.8) is 0 Å². The van der Waals surface area contributed by atoms with Gasteiger partial charge in [0.2, 0.25) is 5.91 Å². The first-order valence-corrected chi connectivity index (χ1v) is 11.8. The number of urea groups is 1. The van der Waals surface area contributed by atoms with Gasteiger partial charge in [0.15, 0.2) is 5.12 Å². The lowest BCUT2D eigenvalue weighted by atomic mass is 10.1. The highest BCUT2D eigenvalue weighted by molar-refractivity contribution is 8.13. The maximum Gasteiger partial charge on any atom is 0.318 e. The SMILES string of the molecule is CC(=O)SC[C@@H](Cc1ccccc1)NC(=O)N(CCC(C)C)CC(=O)NCCN(C)C. The Balaban J connectivity index is 2.78. The second kappa shape index (κ2) is 14.9. The molecular formula is C23H38N4O3S. The number of rotatable bonds is 13. The molecule has 2 N–H and O–H groups in total. The van der Waals surface area contributed by atoms with Crippen molar-refractivity contribution in [3.8, 4) is 0 Å². The van der Waals surface area contributed by atoms with Crippen LogP contribution in [0.3, 0.4) is 0 Å². The van der Waals surface area contributed by atoms with Crippen LogP contribution in [-0.2, 0) is 16.0 Å². The van der Waals surface area contributed by atoms with E-state index in [-0.39, 0.29) is 29.6 Å². The summed E-state index contributed by atoms with van der Waals surface area (Å²) in [5.41, 5.74) is 1.09. The molecule has 1 aromatic carbocycles. The summed E-state index contributed by atoms with van der Waals surface area (Å²) < 4.78 is 0. The van der Waals surface area contributed by atoms with E-state index in [4.69, 9.17) is 0 Å². The molecule has 3 amide bonds. The van der Waals surface area contributed by atoms with Crippen LogP contribution in [0, 0.1) is 5.92 Å². The third-order valence-corrected chi connectivity index (χ3v) is 5.60. The summed E-state index contributed by atoms with van der Waals surface area (Å²) in [6.45, 7) is 7.51. The van der Waals surface area contributed by atoms with Gasteiger partial charge in [-0.3, -0.25) is 9.59 Å². The first-order chi connectivity index (χ1) is 14.7. The van der Waals surface area contributed by atoms with Crippen molar-refractivity contribution in [2.24, 2.45) is 5.92 Å². The molecule has 0 aliphatic rings. The van der Waals surface area contributed by atoms with Crippen molar-refractivity contribution in [3.05, 3.63) is 35.9 Å². The van der Waals surface area contributed by atoms with Gasteiger partial charge in [0.1, 0.15) is 6.54 Å². The van der Waals surface area contributed by atoms with E-state index >= 15 is 0 Å². The number of carbonyl (C=O) groups excluding carboxylic acids is 3. The molecule has 0 heterocycles. The topological polar surface area (TPSA) is 81.8 Å². The quantitative estimate of drug-likeness (QED) is 0.483. The van der Waals surface area contributed by atoms with Gasteiger partial charge in [-0.25, -0.2) is 4.79 Å². The smallest absolute Gasteiger partial charge is 0.318 e. The molecule has 174 valence electrons. The van der Waals surface area contributed by atoms with Gasteiger partial charge < -0.3 is 20.4 Å². The molecule has 0 unspecified atom stereocenters. The molecule has 31 heavy (non-hydrogen) atoms. The zero-order valence-corrected chi connectivity index (χ0v) is 20.3. The van der Waals surface area contributed by atoms with Crippen molar-refractivity contribution >= 4 is 28.8 Å². The van der Waals surface area contributed by atoms with Gasteiger partial charge in [0.05, 0.1) is 0 Å². The highest BCUT2D eigenvalue weighted by Gasteiger charge is 2.21. The van der Waals surface area contributed by atoms with E-state index in [0.717, 1.165) is 18.5 Å². The van der Waals surface area contributed by atoms with Crippen LogP contribution in [0.25, 0.3) is 0 Å². The van der Waals surface area contributed by atoms with E-state index in [1.165, 1.54) is 18.7 Å². The normalized spacial score (nSPS) is 12.0. The number of likely N-dealkylation sites (N-methyl/N-ethyl adjacent to an activating group) is 1. The number of carbonyl (C=O) groups is 3. The average Bonchev–Trinajstić information content (AvgIpc) is 2.69. The molecule has 0 fully saturated rings. The van der Waals surface area contributed by atoms with E-state index in [1.54, 1.807) is 4.90 Å². The van der Waals surface area contributed by atoms with Crippen molar-refractivity contribution in [2.45, 2.75) is 39.7 Å². The molecule has 0 aliphatic carbocycles. The Morgan fingerprint density at radius 1 is 1.06 bits per heavy atom. The largest absolute Gasteiger partial charge is 0.353 e. The fourth-order valence-electron chi connectivity index (χ4n) is 2.85. The van der Waals surface area contributed by atoms with Crippen molar-refractivity contribution in [1.82, 2.24) is 20.4 Å². The second-order valence-electron chi connectivity index (χ2n) is 8.40. The van der Waals surface area contributed by atoms with Crippen molar-refractivity contribution in [1.29, 1.82) is 0 Å². The summed E-state index contributed by atoms with van der Waals surface area (Å²) in [5, 5.41) is 5.94. The maximum atomic E-state index is 13.1. The number of hydrogen-bond acceptors (Lipinski definition) is 5. The van der Waals surface area contributed by atoms with Gasteiger partial charge in [-0.1, -0.05) is 55.9 Å². The van der Waals surface area contributed by atoms with Crippen LogP contribution < -0.4 is 10.6 Å². The molecule has 0 aliphatic heterocycles. The summed E-state index contributed by atoms with van der Waals surface area (Å²) in [6.07, 6.45) is 1.43. The first kappa shape index (κ1) is 27.0. The summed E-state index contributed by atoms with van der Waals surface area (Å²) in [5.74, 6) is 0.738. The Kier molecular flexibility index (Phi) is 12.9. The van der Waals surface area contributed by atoms with Crippen LogP contribution in [0.15, 0.2) is 30.3 Å². The lowest BCUT2D eigenvalue weighted by Crippen LogP contribution is -2.50. The molecular weight excluding hydrogens is 412 g/mol. The third kappa shape index (κ3) is 13.1. The monoisotopic (exact) mass is 450 g/mol. The number of amides is 3. The summed E-state index contributed by atoms with van der Waals surface area (Å²) in [7, 11) is 3.89. The lowest BCUT2D eigenvalue weighted by molar-refractivity contribution is -0.121. The van der Waals surface area contributed by atoms with E-state index in [0.29, 0.717) is 31.2 Å². The molecule has 7 nitrogen and oxygen atoms in total. The first-order valence-electron chi connectivity index (χ1n) is 10.8. The fourth-order valence-corrected chi connectivity index (χ4v) is 3.49. The highest BCUT2D eigenvalue weighted by Crippen LogP contribution is 2.11. The highest BCUT2D eigenvalue weighted by atomic mass is 32.2. The molecule has 0 radical (unpaired) electrons. The van der Waals surface area contributed by atoms with Gasteiger partial charge in [-0.2, -0.15) is 0 Å². The number of hydrogen-bond donors (Lipinski definition) is 2. The van der Waals surface area contributed by atoms with Crippen LogP contribution in [0.2, 0.25) is 0 Å². The zero-order valence-electron chi connectivity index (χ0n) is 19.5. The Morgan fingerprint density at radius 3 is 2.32 bits per heavy atom. The predicted molar refractivity (Wildman–Crippen MR) is 128 cm³/mol. The van der Waals surface area contributed by atoms with Crippen LogP contribution in [0.1, 0.15) is 32.8 Å². The van der Waals surface area contributed by atoms with E-state index in [9.17, 15) is 14.4 Å². The number of thioether (sulfide) groups is 1. The molecule has 1 aromatic rings.